The van der Waals surface area contributed by atoms with Crippen molar-refractivity contribution in [3.05, 3.63) is 24.3 Å². The fourth-order valence-electron chi connectivity index (χ4n) is 6.26. The Hall–Kier alpha value is -1.17. The highest BCUT2D eigenvalue weighted by Gasteiger charge is 2.26. The normalized spacial score (nSPS) is 13.9. The fourth-order valence-corrected chi connectivity index (χ4v) is 6.26. The molecule has 0 aromatic heterocycles. The van der Waals surface area contributed by atoms with Crippen molar-refractivity contribution in [2.24, 2.45) is 0 Å². The Bertz CT molecular complexity index is 694. The molecule has 0 aliphatic carbocycles. The van der Waals surface area contributed by atoms with Gasteiger partial charge >= 0.3 is 0 Å². The Kier molecular flexibility index (Phi) is 36.7. The number of hydrogen-bond acceptors (Lipinski definition) is 4. The van der Waals surface area contributed by atoms with Crippen LogP contribution in [0, 0.1) is 0 Å². The fraction of sp³-hybridized carbons (Fsp3) is 0.881. The van der Waals surface area contributed by atoms with Gasteiger partial charge in [0.2, 0.25) is 5.91 Å². The lowest BCUT2D eigenvalue weighted by Crippen LogP contribution is -2.50. The minimum atomic E-state index is -1.16. The van der Waals surface area contributed by atoms with Gasteiger partial charge in [0.15, 0.2) is 0 Å². The average molecular weight is 664 g/mol. The summed E-state index contributed by atoms with van der Waals surface area (Å²) in [4.78, 5) is 12.3. The number of unbranched alkanes of at least 4 members (excludes halogenated alkanes) is 25. The molecule has 0 fully saturated rings. The lowest BCUT2D eigenvalue weighted by Gasteiger charge is -2.26. The van der Waals surface area contributed by atoms with Crippen molar-refractivity contribution in [2.75, 3.05) is 6.61 Å². The van der Waals surface area contributed by atoms with E-state index in [-0.39, 0.29) is 12.5 Å². The molecule has 3 unspecified atom stereocenters. The molecule has 4 N–H and O–H groups in total. The number of hydrogen-bond donors (Lipinski definition) is 4. The zero-order chi connectivity index (χ0) is 34.5. The molecule has 0 radical (unpaired) electrons. The molecule has 0 aliphatic rings. The largest absolute Gasteiger partial charge is 0.394 e. The summed E-state index contributed by atoms with van der Waals surface area (Å²) in [6.07, 6.45) is 44.4. The van der Waals surface area contributed by atoms with E-state index in [9.17, 15) is 20.1 Å². The van der Waals surface area contributed by atoms with Crippen molar-refractivity contribution >= 4 is 5.91 Å². The molecule has 0 bridgehead atoms. The Morgan fingerprint density at radius 2 is 0.872 bits per heavy atom. The summed E-state index contributed by atoms with van der Waals surface area (Å²) in [6, 6.07) is -0.828. The standard InChI is InChI=1S/C42H81NO4/c1-3-5-7-9-11-13-15-16-17-18-19-20-21-22-23-24-25-26-27-28-30-32-34-36-40(45)42(47)39(38-44)43-41(46)37-35-33-31-29-14-12-10-8-6-4-2/h10,12,28,30,39-40,42,44-45,47H,3-9,11,13-27,29,31-38H2,1-2H3,(H,43,46)/b12-10-,30-28+. The summed E-state index contributed by atoms with van der Waals surface area (Å²) in [5.41, 5.74) is 0. The van der Waals surface area contributed by atoms with E-state index in [0.29, 0.717) is 12.8 Å². The molecule has 0 spiro atoms. The van der Waals surface area contributed by atoms with Crippen LogP contribution in [0.3, 0.4) is 0 Å². The lowest BCUT2D eigenvalue weighted by molar-refractivity contribution is -0.124. The van der Waals surface area contributed by atoms with Crippen LogP contribution in [0.5, 0.6) is 0 Å². The average Bonchev–Trinajstić information content (AvgIpc) is 3.07. The molecule has 0 aliphatic heterocycles. The van der Waals surface area contributed by atoms with Crippen molar-refractivity contribution < 1.29 is 20.1 Å². The van der Waals surface area contributed by atoms with Crippen LogP contribution in [0.1, 0.15) is 213 Å². The number of aliphatic hydroxyl groups excluding tert-OH is 3. The van der Waals surface area contributed by atoms with Gasteiger partial charge in [-0.1, -0.05) is 173 Å². The Labute approximate surface area is 292 Å². The van der Waals surface area contributed by atoms with Gasteiger partial charge in [0, 0.05) is 6.42 Å². The number of carbonyl (C=O) groups is 1. The van der Waals surface area contributed by atoms with E-state index >= 15 is 0 Å². The number of rotatable bonds is 37. The van der Waals surface area contributed by atoms with E-state index in [1.807, 2.05) is 0 Å². The zero-order valence-electron chi connectivity index (χ0n) is 31.4. The maximum Gasteiger partial charge on any atom is 0.220 e. The highest BCUT2D eigenvalue weighted by atomic mass is 16.3. The predicted octanol–water partition coefficient (Wildman–Crippen LogP) is 11.4. The first kappa shape index (κ1) is 45.8. The molecular formula is C42H81NO4. The first-order valence-corrected chi connectivity index (χ1v) is 20.6. The van der Waals surface area contributed by atoms with Crippen LogP contribution < -0.4 is 5.32 Å². The third-order valence-corrected chi connectivity index (χ3v) is 9.53. The molecular weight excluding hydrogens is 582 g/mol. The lowest BCUT2D eigenvalue weighted by atomic mass is 10.0. The van der Waals surface area contributed by atoms with Gasteiger partial charge in [-0.25, -0.2) is 0 Å². The Balaban J connectivity index is 3.62. The van der Waals surface area contributed by atoms with Crippen LogP contribution in [0.4, 0.5) is 0 Å². The first-order chi connectivity index (χ1) is 23.1. The van der Waals surface area contributed by atoms with Crippen molar-refractivity contribution in [3.63, 3.8) is 0 Å². The topological polar surface area (TPSA) is 89.8 Å². The summed E-state index contributed by atoms with van der Waals surface area (Å²) in [5, 5.41) is 33.3. The molecule has 5 nitrogen and oxygen atoms in total. The van der Waals surface area contributed by atoms with Crippen molar-refractivity contribution in [1.29, 1.82) is 0 Å². The van der Waals surface area contributed by atoms with Gasteiger partial charge < -0.3 is 20.6 Å². The third kappa shape index (κ3) is 33.1. The van der Waals surface area contributed by atoms with E-state index in [1.54, 1.807) is 0 Å². The minimum Gasteiger partial charge on any atom is -0.394 e. The van der Waals surface area contributed by atoms with E-state index in [4.69, 9.17) is 0 Å². The monoisotopic (exact) mass is 664 g/mol. The van der Waals surface area contributed by atoms with Gasteiger partial charge in [-0.2, -0.15) is 0 Å². The van der Waals surface area contributed by atoms with E-state index < -0.39 is 18.2 Å². The quantitative estimate of drug-likeness (QED) is 0.0393. The van der Waals surface area contributed by atoms with Crippen LogP contribution in [0.15, 0.2) is 24.3 Å². The van der Waals surface area contributed by atoms with Crippen LogP contribution in [-0.4, -0.2) is 46.1 Å². The van der Waals surface area contributed by atoms with Gasteiger partial charge in [0.1, 0.15) is 6.10 Å². The summed E-state index contributed by atoms with van der Waals surface area (Å²) >= 11 is 0. The third-order valence-electron chi connectivity index (χ3n) is 9.53. The predicted molar refractivity (Wildman–Crippen MR) is 204 cm³/mol. The second kappa shape index (κ2) is 37.6. The van der Waals surface area contributed by atoms with E-state index in [2.05, 4.69) is 43.5 Å². The molecule has 278 valence electrons. The van der Waals surface area contributed by atoms with Crippen molar-refractivity contribution in [2.45, 2.75) is 231 Å². The van der Waals surface area contributed by atoms with Gasteiger partial charge in [-0.05, 0) is 57.8 Å². The van der Waals surface area contributed by atoms with Gasteiger partial charge in [0.25, 0.3) is 0 Å². The number of carbonyl (C=O) groups excluding carboxylic acids is 1. The summed E-state index contributed by atoms with van der Waals surface area (Å²) in [6.45, 7) is 4.11. The van der Waals surface area contributed by atoms with Gasteiger partial charge in [-0.3, -0.25) is 4.79 Å². The maximum atomic E-state index is 12.3. The first-order valence-electron chi connectivity index (χ1n) is 20.6. The molecule has 0 saturated heterocycles. The smallest absolute Gasteiger partial charge is 0.220 e. The molecule has 3 atom stereocenters. The summed E-state index contributed by atoms with van der Waals surface area (Å²) < 4.78 is 0. The molecule has 0 rings (SSSR count). The highest BCUT2D eigenvalue weighted by molar-refractivity contribution is 5.76. The molecule has 0 saturated carbocycles. The summed E-state index contributed by atoms with van der Waals surface area (Å²) in [5.74, 6) is -0.169. The van der Waals surface area contributed by atoms with Gasteiger partial charge in [-0.15, -0.1) is 0 Å². The Morgan fingerprint density at radius 3 is 1.30 bits per heavy atom. The van der Waals surface area contributed by atoms with Crippen molar-refractivity contribution in [1.82, 2.24) is 5.32 Å². The number of amides is 1. The molecule has 0 heterocycles. The van der Waals surface area contributed by atoms with Crippen LogP contribution in [0.25, 0.3) is 0 Å². The Morgan fingerprint density at radius 1 is 0.511 bits per heavy atom. The number of allylic oxidation sites excluding steroid dienone is 4. The highest BCUT2D eigenvalue weighted by Crippen LogP contribution is 2.15. The zero-order valence-corrected chi connectivity index (χ0v) is 31.4. The van der Waals surface area contributed by atoms with Crippen LogP contribution >= 0.6 is 0 Å². The minimum absolute atomic E-state index is 0.169. The molecule has 47 heavy (non-hydrogen) atoms. The molecule has 0 aromatic rings. The van der Waals surface area contributed by atoms with Gasteiger partial charge in [0.05, 0.1) is 18.8 Å². The molecule has 0 aromatic carbocycles. The number of aliphatic hydroxyl groups is 3. The molecule has 5 heteroatoms. The van der Waals surface area contributed by atoms with E-state index in [1.165, 1.54) is 135 Å². The number of nitrogens with one attached hydrogen (secondary N) is 1. The van der Waals surface area contributed by atoms with Crippen LogP contribution in [-0.2, 0) is 4.79 Å². The summed E-state index contributed by atoms with van der Waals surface area (Å²) in [7, 11) is 0. The second-order valence-corrected chi connectivity index (χ2v) is 14.2. The van der Waals surface area contributed by atoms with Crippen molar-refractivity contribution in [3.8, 4) is 0 Å². The maximum absolute atomic E-state index is 12.3. The molecule has 1 amide bonds. The SMILES string of the molecule is CCCC/C=C\CCCCCCC(=O)NC(CO)C(O)C(O)CCC/C=C/CCCCCCCCCCCCCCCCCCCC. The van der Waals surface area contributed by atoms with Crippen LogP contribution in [0.2, 0.25) is 0 Å². The van der Waals surface area contributed by atoms with E-state index in [0.717, 1.165) is 51.4 Å². The second-order valence-electron chi connectivity index (χ2n) is 14.2.